The average Bonchev–Trinajstić information content (AvgIpc) is 2.98. The van der Waals surface area contributed by atoms with E-state index < -0.39 is 14.6 Å². The van der Waals surface area contributed by atoms with Gasteiger partial charge in [0.15, 0.2) is 14.6 Å². The van der Waals surface area contributed by atoms with Crippen LogP contribution in [0.5, 0.6) is 0 Å². The van der Waals surface area contributed by atoms with Crippen molar-refractivity contribution in [2.75, 3.05) is 32.4 Å². The second-order valence-electron chi connectivity index (χ2n) is 6.68. The molecule has 0 aromatic carbocycles. The number of amides is 1. The number of carbonyl (C=O) groups is 1. The molecule has 2 atom stereocenters. The number of rotatable bonds is 2. The van der Waals surface area contributed by atoms with E-state index in [9.17, 15) is 13.2 Å². The number of likely N-dealkylation sites (tertiary alicyclic amines) is 1. The minimum Gasteiger partial charge on any atom is -0.341 e. The monoisotopic (exact) mass is 300 g/mol. The third kappa shape index (κ3) is 2.17. The molecule has 5 nitrogen and oxygen atoms in total. The standard InChI is InChI=1S/C14H24N2O3S/c1-20(18,19)14(5-7-15-8-6-14)13(17)16-9-11-3-2-4-12(11)10-16/h11-12,15H,2-10H2,1H3. The maximum atomic E-state index is 12.9. The van der Waals surface area contributed by atoms with E-state index in [1.165, 1.54) is 25.5 Å². The molecule has 6 heteroatoms. The molecule has 2 aliphatic heterocycles. The van der Waals surface area contributed by atoms with Gasteiger partial charge in [0, 0.05) is 19.3 Å². The summed E-state index contributed by atoms with van der Waals surface area (Å²) in [6.45, 7) is 2.77. The summed E-state index contributed by atoms with van der Waals surface area (Å²) in [5.41, 5.74) is 0. The molecule has 1 N–H and O–H groups in total. The smallest absolute Gasteiger partial charge is 0.244 e. The third-order valence-electron chi connectivity index (χ3n) is 5.52. The Morgan fingerprint density at radius 3 is 2.20 bits per heavy atom. The fourth-order valence-electron chi connectivity index (χ4n) is 4.26. The first kappa shape index (κ1) is 14.3. The van der Waals surface area contributed by atoms with E-state index >= 15 is 0 Å². The molecule has 2 heterocycles. The molecule has 1 saturated carbocycles. The van der Waals surface area contributed by atoms with Crippen molar-refractivity contribution in [2.45, 2.75) is 36.9 Å². The molecule has 0 aromatic heterocycles. The topological polar surface area (TPSA) is 66.5 Å². The van der Waals surface area contributed by atoms with Gasteiger partial charge in [-0.25, -0.2) is 8.42 Å². The molecule has 3 aliphatic rings. The molecule has 1 aliphatic carbocycles. The first-order valence-corrected chi connectivity index (χ1v) is 9.53. The van der Waals surface area contributed by atoms with Crippen LogP contribution in [0.2, 0.25) is 0 Å². The fourth-order valence-corrected chi connectivity index (χ4v) is 5.65. The van der Waals surface area contributed by atoms with Crippen LogP contribution < -0.4 is 5.32 Å². The van der Waals surface area contributed by atoms with Crippen LogP contribution in [0.3, 0.4) is 0 Å². The molecule has 0 aromatic rings. The zero-order valence-electron chi connectivity index (χ0n) is 12.1. The van der Waals surface area contributed by atoms with Crippen LogP contribution in [0.25, 0.3) is 0 Å². The highest BCUT2D eigenvalue weighted by Gasteiger charge is 2.52. The summed E-state index contributed by atoms with van der Waals surface area (Å²) in [5.74, 6) is 1.09. The van der Waals surface area contributed by atoms with Gasteiger partial charge < -0.3 is 10.2 Å². The lowest BCUT2D eigenvalue weighted by Gasteiger charge is -2.37. The molecular weight excluding hydrogens is 276 g/mol. The first-order valence-electron chi connectivity index (χ1n) is 7.64. The highest BCUT2D eigenvalue weighted by Crippen LogP contribution is 2.40. The summed E-state index contributed by atoms with van der Waals surface area (Å²) in [5, 5.41) is 3.16. The molecule has 20 heavy (non-hydrogen) atoms. The highest BCUT2D eigenvalue weighted by atomic mass is 32.2. The Bertz CT molecular complexity index is 485. The van der Waals surface area contributed by atoms with Crippen LogP contribution in [0, 0.1) is 11.8 Å². The summed E-state index contributed by atoms with van der Waals surface area (Å²) in [6.07, 6.45) is 5.71. The Balaban J connectivity index is 1.83. The molecule has 2 saturated heterocycles. The van der Waals surface area contributed by atoms with Crippen LogP contribution in [0.1, 0.15) is 32.1 Å². The molecule has 0 bridgehead atoms. The molecule has 0 radical (unpaired) electrons. The van der Waals surface area contributed by atoms with E-state index in [-0.39, 0.29) is 5.91 Å². The average molecular weight is 300 g/mol. The number of hydrogen-bond acceptors (Lipinski definition) is 4. The van der Waals surface area contributed by atoms with Gasteiger partial charge in [-0.15, -0.1) is 0 Å². The molecule has 3 fully saturated rings. The lowest BCUT2D eigenvalue weighted by molar-refractivity contribution is -0.134. The molecular formula is C14H24N2O3S. The number of sulfone groups is 1. The molecule has 114 valence electrons. The number of piperidine rings is 1. The second kappa shape index (κ2) is 4.98. The van der Waals surface area contributed by atoms with Crippen molar-refractivity contribution in [2.24, 2.45) is 11.8 Å². The van der Waals surface area contributed by atoms with Gasteiger partial charge in [-0.1, -0.05) is 6.42 Å². The zero-order valence-corrected chi connectivity index (χ0v) is 12.9. The molecule has 2 unspecified atom stereocenters. The lowest BCUT2D eigenvalue weighted by atomic mass is 9.95. The molecule has 0 spiro atoms. The summed E-state index contributed by atoms with van der Waals surface area (Å²) in [7, 11) is -3.38. The summed E-state index contributed by atoms with van der Waals surface area (Å²) >= 11 is 0. The third-order valence-corrected chi connectivity index (χ3v) is 7.53. The van der Waals surface area contributed by atoms with Crippen LogP contribution >= 0.6 is 0 Å². The van der Waals surface area contributed by atoms with E-state index in [2.05, 4.69) is 5.32 Å². The van der Waals surface area contributed by atoms with Gasteiger partial charge in [-0.3, -0.25) is 4.79 Å². The largest absolute Gasteiger partial charge is 0.341 e. The zero-order chi connectivity index (χ0) is 14.4. The summed E-state index contributed by atoms with van der Waals surface area (Å²) in [6, 6.07) is 0. The van der Waals surface area contributed by atoms with Gasteiger partial charge in [0.2, 0.25) is 5.91 Å². The van der Waals surface area contributed by atoms with Crippen molar-refractivity contribution in [3.8, 4) is 0 Å². The summed E-state index contributed by atoms with van der Waals surface area (Å²) < 4.78 is 23.4. The van der Waals surface area contributed by atoms with Crippen molar-refractivity contribution < 1.29 is 13.2 Å². The van der Waals surface area contributed by atoms with E-state index in [0.29, 0.717) is 37.8 Å². The number of carbonyl (C=O) groups excluding carboxylic acids is 1. The van der Waals surface area contributed by atoms with Gasteiger partial charge in [0.25, 0.3) is 0 Å². The second-order valence-corrected chi connectivity index (χ2v) is 9.00. The molecule has 1 amide bonds. The SMILES string of the molecule is CS(=O)(=O)C1(C(=O)N2CC3CCCC3C2)CCNCC1. The summed E-state index contributed by atoms with van der Waals surface area (Å²) in [4.78, 5) is 14.8. The van der Waals surface area contributed by atoms with Crippen LogP contribution in [-0.4, -0.2) is 56.4 Å². The van der Waals surface area contributed by atoms with Crippen molar-refractivity contribution in [3.05, 3.63) is 0 Å². The Hall–Kier alpha value is -0.620. The van der Waals surface area contributed by atoms with Crippen molar-refractivity contribution in [1.82, 2.24) is 10.2 Å². The maximum absolute atomic E-state index is 12.9. The van der Waals surface area contributed by atoms with E-state index in [1.807, 2.05) is 4.90 Å². The fraction of sp³-hybridized carbons (Fsp3) is 0.929. The van der Waals surface area contributed by atoms with Crippen LogP contribution in [-0.2, 0) is 14.6 Å². The predicted octanol–water partition coefficient (Wildman–Crippen LogP) is 0.412. The predicted molar refractivity (Wildman–Crippen MR) is 77.1 cm³/mol. The van der Waals surface area contributed by atoms with Crippen LogP contribution in [0.15, 0.2) is 0 Å². The first-order chi connectivity index (χ1) is 9.44. The highest BCUT2D eigenvalue weighted by molar-refractivity contribution is 7.92. The quantitative estimate of drug-likeness (QED) is 0.802. The van der Waals surface area contributed by atoms with Crippen molar-refractivity contribution >= 4 is 15.7 Å². The van der Waals surface area contributed by atoms with Crippen molar-refractivity contribution in [1.29, 1.82) is 0 Å². The lowest BCUT2D eigenvalue weighted by Crippen LogP contribution is -2.58. The minimum atomic E-state index is -3.38. The van der Waals surface area contributed by atoms with E-state index in [1.54, 1.807) is 0 Å². The number of nitrogens with one attached hydrogen (secondary N) is 1. The Labute approximate surface area is 121 Å². The van der Waals surface area contributed by atoms with E-state index in [0.717, 1.165) is 13.1 Å². The molecule has 3 rings (SSSR count). The van der Waals surface area contributed by atoms with Gasteiger partial charge in [-0.05, 0) is 50.6 Å². The van der Waals surface area contributed by atoms with E-state index in [4.69, 9.17) is 0 Å². The normalized spacial score (nSPS) is 33.1. The van der Waals surface area contributed by atoms with Crippen LogP contribution in [0.4, 0.5) is 0 Å². The number of fused-ring (bicyclic) bond motifs is 1. The van der Waals surface area contributed by atoms with Gasteiger partial charge >= 0.3 is 0 Å². The Morgan fingerprint density at radius 1 is 1.15 bits per heavy atom. The number of nitrogens with zero attached hydrogens (tertiary/aromatic N) is 1. The Morgan fingerprint density at radius 2 is 1.70 bits per heavy atom. The van der Waals surface area contributed by atoms with Gasteiger partial charge in [0.1, 0.15) is 0 Å². The van der Waals surface area contributed by atoms with Gasteiger partial charge in [0.05, 0.1) is 0 Å². The maximum Gasteiger partial charge on any atom is 0.244 e. The van der Waals surface area contributed by atoms with Crippen molar-refractivity contribution in [3.63, 3.8) is 0 Å². The van der Waals surface area contributed by atoms with Gasteiger partial charge in [-0.2, -0.15) is 0 Å². The number of hydrogen-bond donors (Lipinski definition) is 1. The minimum absolute atomic E-state index is 0.129. The Kier molecular flexibility index (Phi) is 3.57.